The minimum atomic E-state index is -0.0215. The summed E-state index contributed by atoms with van der Waals surface area (Å²) in [5, 5.41) is 2.87. The molecule has 5 nitrogen and oxygen atoms in total. The van der Waals surface area contributed by atoms with Gasteiger partial charge in [-0.05, 0) is 18.4 Å². The molecule has 5 heteroatoms. The Kier molecular flexibility index (Phi) is 6.40. The van der Waals surface area contributed by atoms with Gasteiger partial charge in [-0.25, -0.2) is 0 Å². The van der Waals surface area contributed by atoms with Crippen molar-refractivity contribution >= 4 is 11.8 Å². The molecule has 0 spiro atoms. The van der Waals surface area contributed by atoms with Crippen LogP contribution in [0.15, 0.2) is 30.3 Å². The molecule has 1 N–H and O–H groups in total. The van der Waals surface area contributed by atoms with Crippen LogP contribution in [0.4, 0.5) is 0 Å². The van der Waals surface area contributed by atoms with Crippen LogP contribution in [0.3, 0.4) is 0 Å². The molecule has 1 fully saturated rings. The summed E-state index contributed by atoms with van der Waals surface area (Å²) in [7, 11) is 0. The van der Waals surface area contributed by atoms with E-state index in [1.807, 2.05) is 30.3 Å². The van der Waals surface area contributed by atoms with Crippen LogP contribution >= 0.6 is 0 Å². The molecule has 120 valence electrons. The number of nitrogens with one attached hydrogen (secondary N) is 1. The Labute approximate surface area is 131 Å². The fraction of sp³-hybridized carbons (Fsp3) is 0.529. The highest BCUT2D eigenvalue weighted by atomic mass is 16.5. The fourth-order valence-corrected chi connectivity index (χ4v) is 2.59. The third-order valence-electron chi connectivity index (χ3n) is 3.80. The molecule has 22 heavy (non-hydrogen) atoms. The number of rotatable bonds is 7. The lowest BCUT2D eigenvalue weighted by Gasteiger charge is -2.24. The minimum absolute atomic E-state index is 0.0211. The predicted molar refractivity (Wildman–Crippen MR) is 84.4 cm³/mol. The van der Waals surface area contributed by atoms with Crippen molar-refractivity contribution in [2.45, 2.75) is 32.3 Å². The van der Waals surface area contributed by atoms with Crippen LogP contribution in [0.5, 0.6) is 0 Å². The summed E-state index contributed by atoms with van der Waals surface area (Å²) in [6.07, 6.45) is 2.57. The van der Waals surface area contributed by atoms with Crippen molar-refractivity contribution in [2.24, 2.45) is 0 Å². The quantitative estimate of drug-likeness (QED) is 0.828. The molecule has 1 heterocycles. The lowest BCUT2D eigenvalue weighted by molar-refractivity contribution is -0.131. The number of ether oxygens (including phenoxy) is 1. The molecule has 0 bridgehead atoms. The Bertz CT molecular complexity index is 484. The van der Waals surface area contributed by atoms with Gasteiger partial charge in [-0.2, -0.15) is 0 Å². The van der Waals surface area contributed by atoms with Gasteiger partial charge in [-0.1, -0.05) is 30.3 Å². The molecule has 1 aliphatic rings. The van der Waals surface area contributed by atoms with Crippen LogP contribution < -0.4 is 5.32 Å². The largest absolute Gasteiger partial charge is 0.376 e. The smallest absolute Gasteiger partial charge is 0.224 e. The lowest BCUT2D eigenvalue weighted by Crippen LogP contribution is -2.41. The number of carbonyl (C=O) groups excluding carboxylic acids is 2. The highest BCUT2D eigenvalue weighted by molar-refractivity contribution is 5.78. The van der Waals surface area contributed by atoms with Gasteiger partial charge >= 0.3 is 0 Å². The zero-order valence-electron chi connectivity index (χ0n) is 13.1. The summed E-state index contributed by atoms with van der Waals surface area (Å²) in [4.78, 5) is 25.3. The van der Waals surface area contributed by atoms with E-state index in [9.17, 15) is 9.59 Å². The molecule has 1 aliphatic heterocycles. The first kappa shape index (κ1) is 16.5. The van der Waals surface area contributed by atoms with Gasteiger partial charge < -0.3 is 15.0 Å². The van der Waals surface area contributed by atoms with Crippen molar-refractivity contribution in [3.8, 4) is 0 Å². The minimum Gasteiger partial charge on any atom is -0.376 e. The van der Waals surface area contributed by atoms with Crippen molar-refractivity contribution in [1.29, 1.82) is 0 Å². The molecule has 1 aromatic carbocycles. The molecule has 1 atom stereocenters. The van der Waals surface area contributed by atoms with Crippen LogP contribution in [0.1, 0.15) is 25.3 Å². The van der Waals surface area contributed by atoms with Gasteiger partial charge in [0.2, 0.25) is 11.8 Å². The monoisotopic (exact) mass is 304 g/mol. The zero-order valence-corrected chi connectivity index (χ0v) is 13.1. The summed E-state index contributed by atoms with van der Waals surface area (Å²) < 4.78 is 5.56. The number of hydrogen-bond acceptors (Lipinski definition) is 3. The summed E-state index contributed by atoms with van der Waals surface area (Å²) in [6, 6.07) is 9.62. The second-order valence-corrected chi connectivity index (χ2v) is 5.61. The number of benzene rings is 1. The van der Waals surface area contributed by atoms with E-state index in [1.165, 1.54) is 0 Å². The molecule has 2 rings (SSSR count). The summed E-state index contributed by atoms with van der Waals surface area (Å²) >= 11 is 0. The third kappa shape index (κ3) is 5.48. The molecule has 1 saturated heterocycles. The summed E-state index contributed by atoms with van der Waals surface area (Å²) in [5.41, 5.74) is 0.989. The first-order valence-corrected chi connectivity index (χ1v) is 7.83. The molecule has 2 amide bonds. The van der Waals surface area contributed by atoms with E-state index in [4.69, 9.17) is 4.74 Å². The Hall–Kier alpha value is -1.88. The van der Waals surface area contributed by atoms with Crippen LogP contribution in [-0.4, -0.2) is 49.1 Å². The lowest BCUT2D eigenvalue weighted by atomic mass is 10.1. The first-order chi connectivity index (χ1) is 10.6. The van der Waals surface area contributed by atoms with E-state index in [0.717, 1.165) is 25.0 Å². The van der Waals surface area contributed by atoms with Gasteiger partial charge in [-0.15, -0.1) is 0 Å². The van der Waals surface area contributed by atoms with Gasteiger partial charge in [0.05, 0.1) is 12.5 Å². The van der Waals surface area contributed by atoms with Crippen molar-refractivity contribution in [3.05, 3.63) is 35.9 Å². The van der Waals surface area contributed by atoms with Crippen LogP contribution in [0.2, 0.25) is 0 Å². The second-order valence-electron chi connectivity index (χ2n) is 5.61. The van der Waals surface area contributed by atoms with E-state index >= 15 is 0 Å². The van der Waals surface area contributed by atoms with Crippen LogP contribution in [0.25, 0.3) is 0 Å². The van der Waals surface area contributed by atoms with Gasteiger partial charge in [-0.3, -0.25) is 9.59 Å². The Balaban J connectivity index is 1.70. The molecule has 0 aliphatic carbocycles. The molecule has 0 radical (unpaired) electrons. The average Bonchev–Trinajstić information content (AvgIpc) is 3.00. The van der Waals surface area contributed by atoms with Crippen LogP contribution in [-0.2, 0) is 20.7 Å². The van der Waals surface area contributed by atoms with E-state index in [0.29, 0.717) is 26.1 Å². The topological polar surface area (TPSA) is 58.6 Å². The Morgan fingerprint density at radius 2 is 2.09 bits per heavy atom. The maximum Gasteiger partial charge on any atom is 0.224 e. The van der Waals surface area contributed by atoms with Gasteiger partial charge in [0.15, 0.2) is 0 Å². The normalized spacial score (nSPS) is 17.2. The number of amides is 2. The maximum atomic E-state index is 11.9. The van der Waals surface area contributed by atoms with Crippen LogP contribution in [0, 0.1) is 0 Å². The summed E-state index contributed by atoms with van der Waals surface area (Å²) in [5.74, 6) is -0.000346. The zero-order chi connectivity index (χ0) is 15.8. The first-order valence-electron chi connectivity index (χ1n) is 7.83. The Morgan fingerprint density at radius 3 is 2.73 bits per heavy atom. The molecule has 0 saturated carbocycles. The summed E-state index contributed by atoms with van der Waals surface area (Å²) in [6.45, 7) is 3.95. The van der Waals surface area contributed by atoms with Crippen molar-refractivity contribution in [2.75, 3.05) is 26.2 Å². The van der Waals surface area contributed by atoms with E-state index < -0.39 is 0 Å². The molecule has 0 aromatic heterocycles. The fourth-order valence-electron chi connectivity index (χ4n) is 2.59. The number of hydrogen-bond donors (Lipinski definition) is 1. The van der Waals surface area contributed by atoms with Crippen molar-refractivity contribution in [3.63, 3.8) is 0 Å². The van der Waals surface area contributed by atoms with E-state index in [2.05, 4.69) is 5.32 Å². The van der Waals surface area contributed by atoms with Crippen molar-refractivity contribution in [1.82, 2.24) is 10.2 Å². The molecule has 1 unspecified atom stereocenters. The molecule has 1 aromatic rings. The molecular formula is C17H24N2O3. The predicted octanol–water partition coefficient (Wildman–Crippen LogP) is 1.37. The number of carbonyl (C=O) groups is 2. The van der Waals surface area contributed by atoms with Crippen molar-refractivity contribution < 1.29 is 14.3 Å². The van der Waals surface area contributed by atoms with E-state index in [-0.39, 0.29) is 17.9 Å². The standard InChI is InChI=1S/C17H24N2O3/c1-14(20)19(13-16-8-5-11-22-16)10-9-18-17(21)12-15-6-3-2-4-7-15/h2-4,6-7,16H,5,8-13H2,1H3,(H,18,21). The maximum absolute atomic E-state index is 11.9. The highest BCUT2D eigenvalue weighted by Crippen LogP contribution is 2.13. The van der Waals surface area contributed by atoms with E-state index in [1.54, 1.807) is 11.8 Å². The van der Waals surface area contributed by atoms with Gasteiger partial charge in [0.25, 0.3) is 0 Å². The third-order valence-corrected chi connectivity index (χ3v) is 3.80. The number of nitrogens with zero attached hydrogens (tertiary/aromatic N) is 1. The second kappa shape index (κ2) is 8.54. The van der Waals surface area contributed by atoms with Gasteiger partial charge in [0.1, 0.15) is 0 Å². The molecular weight excluding hydrogens is 280 g/mol. The SMILES string of the molecule is CC(=O)N(CCNC(=O)Cc1ccccc1)CC1CCCO1. The Morgan fingerprint density at radius 1 is 1.32 bits per heavy atom. The average molecular weight is 304 g/mol. The highest BCUT2D eigenvalue weighted by Gasteiger charge is 2.20. The van der Waals surface area contributed by atoms with Gasteiger partial charge in [0, 0.05) is 33.2 Å².